The van der Waals surface area contributed by atoms with Crippen LogP contribution < -0.4 is 15.5 Å². The Kier molecular flexibility index (Phi) is 7.73. The van der Waals surface area contributed by atoms with E-state index in [0.717, 1.165) is 56.9 Å². The molecule has 3 aromatic rings. The number of anilines is 3. The van der Waals surface area contributed by atoms with Crippen molar-refractivity contribution >= 4 is 29.4 Å². The Labute approximate surface area is 223 Å². The molecule has 8 nitrogen and oxygen atoms in total. The summed E-state index contributed by atoms with van der Waals surface area (Å²) >= 11 is 6.18. The lowest BCUT2D eigenvalue weighted by Crippen LogP contribution is -2.48. The second-order valence-electron chi connectivity index (χ2n) is 9.80. The Morgan fingerprint density at radius 2 is 1.51 bits per heavy atom. The van der Waals surface area contributed by atoms with E-state index in [-0.39, 0.29) is 6.04 Å². The Morgan fingerprint density at radius 3 is 2.16 bits per heavy atom. The number of nitrogens with zero attached hydrogens (tertiary/aromatic N) is 6. The minimum Gasteiger partial charge on any atom is -0.357 e. The van der Waals surface area contributed by atoms with Gasteiger partial charge in [0.2, 0.25) is 17.8 Å². The average Bonchev–Trinajstić information content (AvgIpc) is 2.95. The van der Waals surface area contributed by atoms with Crippen molar-refractivity contribution in [1.29, 1.82) is 5.26 Å². The van der Waals surface area contributed by atoms with E-state index in [9.17, 15) is 5.26 Å². The van der Waals surface area contributed by atoms with Gasteiger partial charge in [-0.3, -0.25) is 4.90 Å². The number of nitriles is 1. The summed E-state index contributed by atoms with van der Waals surface area (Å²) in [4.78, 5) is 18.6. The summed E-state index contributed by atoms with van der Waals surface area (Å²) in [6.45, 7) is 3.28. The van der Waals surface area contributed by atoms with Crippen LogP contribution in [0.3, 0.4) is 0 Å². The molecule has 1 saturated heterocycles. The van der Waals surface area contributed by atoms with Crippen molar-refractivity contribution in [2.24, 2.45) is 0 Å². The first-order valence-corrected chi connectivity index (χ1v) is 13.4. The van der Waals surface area contributed by atoms with E-state index in [0.29, 0.717) is 17.8 Å². The molecule has 2 aromatic carbocycles. The van der Waals surface area contributed by atoms with Gasteiger partial charge in [0.1, 0.15) is 5.54 Å². The number of rotatable bonds is 7. The highest BCUT2D eigenvalue weighted by atomic mass is 35.5. The van der Waals surface area contributed by atoms with E-state index in [1.54, 1.807) is 7.05 Å². The van der Waals surface area contributed by atoms with Crippen LogP contribution >= 0.6 is 11.6 Å². The van der Waals surface area contributed by atoms with E-state index in [1.165, 1.54) is 17.5 Å². The molecule has 1 aliphatic heterocycles. The number of halogens is 1. The van der Waals surface area contributed by atoms with Crippen LogP contribution in [0.4, 0.5) is 17.8 Å². The lowest BCUT2D eigenvalue weighted by Gasteiger charge is -2.40. The summed E-state index contributed by atoms with van der Waals surface area (Å²) in [6.07, 6.45) is 4.86. The third kappa shape index (κ3) is 5.79. The topological polar surface area (TPSA) is 93.0 Å². The second kappa shape index (κ2) is 11.3. The van der Waals surface area contributed by atoms with Gasteiger partial charge in [-0.2, -0.15) is 20.2 Å². The van der Waals surface area contributed by atoms with Crippen LogP contribution in [0.25, 0.3) is 0 Å². The minimum atomic E-state index is -0.609. The molecule has 2 aliphatic rings. The molecular weight excluding hydrogens is 484 g/mol. The fourth-order valence-electron chi connectivity index (χ4n) is 5.38. The van der Waals surface area contributed by atoms with Crippen molar-refractivity contribution in [1.82, 2.24) is 19.9 Å². The Bertz CT molecular complexity index is 1210. The van der Waals surface area contributed by atoms with Crippen molar-refractivity contribution in [2.75, 3.05) is 48.8 Å². The molecule has 1 saturated carbocycles. The SMILES string of the molecule is CNc1nc(NC2(C#N)CCCCC2)nc(N2CCN(C(c3ccccc3)c3ccc(Cl)cc3)CC2)n1. The second-order valence-corrected chi connectivity index (χ2v) is 10.2. The highest BCUT2D eigenvalue weighted by Gasteiger charge is 2.33. The van der Waals surface area contributed by atoms with E-state index < -0.39 is 5.54 Å². The van der Waals surface area contributed by atoms with Gasteiger partial charge in [-0.15, -0.1) is 0 Å². The maximum absolute atomic E-state index is 9.91. The normalized spacial score (nSPS) is 18.6. The van der Waals surface area contributed by atoms with Gasteiger partial charge in [0.25, 0.3) is 0 Å². The van der Waals surface area contributed by atoms with E-state index in [2.05, 4.69) is 78.9 Å². The van der Waals surface area contributed by atoms with E-state index in [1.807, 2.05) is 12.1 Å². The molecule has 9 heteroatoms. The molecule has 2 fully saturated rings. The zero-order valence-corrected chi connectivity index (χ0v) is 22.0. The number of hydrogen-bond donors (Lipinski definition) is 2. The van der Waals surface area contributed by atoms with Crippen LogP contribution in [0.15, 0.2) is 54.6 Å². The van der Waals surface area contributed by atoms with E-state index >= 15 is 0 Å². The first kappa shape index (κ1) is 25.2. The summed E-state index contributed by atoms with van der Waals surface area (Å²) in [5, 5.41) is 17.1. The fourth-order valence-corrected chi connectivity index (χ4v) is 5.51. The van der Waals surface area contributed by atoms with Gasteiger partial charge in [0.15, 0.2) is 0 Å². The Balaban J connectivity index is 1.34. The quantitative estimate of drug-likeness (QED) is 0.447. The van der Waals surface area contributed by atoms with Gasteiger partial charge in [-0.05, 0) is 36.1 Å². The zero-order chi connectivity index (χ0) is 25.7. The first-order valence-electron chi connectivity index (χ1n) is 13.0. The molecule has 1 aromatic heterocycles. The smallest absolute Gasteiger partial charge is 0.232 e. The molecule has 1 atom stereocenters. The summed E-state index contributed by atoms with van der Waals surface area (Å²) in [5.41, 5.74) is 1.88. The standard InChI is InChI=1S/C28H33ClN8/c1-31-25-32-26(35-28(20-30)14-6-3-7-15-28)34-27(33-25)37-18-16-36(17-19-37)24(21-8-4-2-5-9-21)22-10-12-23(29)13-11-22/h2,4-5,8-13,24H,3,6-7,14-19H2,1H3,(H2,31,32,33,34,35). The molecule has 0 radical (unpaired) electrons. The molecule has 2 N–H and O–H groups in total. The number of aromatic nitrogens is 3. The highest BCUT2D eigenvalue weighted by molar-refractivity contribution is 6.30. The van der Waals surface area contributed by atoms with Crippen molar-refractivity contribution < 1.29 is 0 Å². The van der Waals surface area contributed by atoms with Crippen LogP contribution in [0.5, 0.6) is 0 Å². The molecule has 37 heavy (non-hydrogen) atoms. The molecule has 192 valence electrons. The van der Waals surface area contributed by atoms with Gasteiger partial charge in [-0.25, -0.2) is 0 Å². The lowest BCUT2D eigenvalue weighted by atomic mass is 9.83. The summed E-state index contributed by atoms with van der Waals surface area (Å²) in [6, 6.07) is 21.4. The Morgan fingerprint density at radius 1 is 0.865 bits per heavy atom. The monoisotopic (exact) mass is 516 g/mol. The average molecular weight is 517 g/mol. The first-order chi connectivity index (χ1) is 18.1. The molecule has 1 aliphatic carbocycles. The van der Waals surface area contributed by atoms with Crippen LogP contribution in [-0.2, 0) is 0 Å². The number of piperazine rings is 1. The van der Waals surface area contributed by atoms with Crippen LogP contribution in [0.1, 0.15) is 49.3 Å². The van der Waals surface area contributed by atoms with Gasteiger partial charge in [0.05, 0.1) is 12.1 Å². The summed E-state index contributed by atoms with van der Waals surface area (Å²) in [7, 11) is 1.80. The van der Waals surface area contributed by atoms with Crippen molar-refractivity contribution in [3.63, 3.8) is 0 Å². The lowest BCUT2D eigenvalue weighted by molar-refractivity contribution is 0.211. The molecule has 0 spiro atoms. The van der Waals surface area contributed by atoms with Gasteiger partial charge in [0, 0.05) is 38.2 Å². The maximum atomic E-state index is 9.91. The number of hydrogen-bond acceptors (Lipinski definition) is 8. The van der Waals surface area contributed by atoms with Crippen LogP contribution in [-0.4, -0.2) is 58.6 Å². The zero-order valence-electron chi connectivity index (χ0n) is 21.2. The number of benzene rings is 2. The maximum Gasteiger partial charge on any atom is 0.232 e. The molecule has 0 amide bonds. The molecule has 1 unspecified atom stereocenters. The molecule has 5 rings (SSSR count). The minimum absolute atomic E-state index is 0.144. The molecular formula is C28H33ClN8. The van der Waals surface area contributed by atoms with Crippen molar-refractivity contribution in [2.45, 2.75) is 43.7 Å². The number of nitrogens with one attached hydrogen (secondary N) is 2. The third-order valence-corrected chi connectivity index (χ3v) is 7.63. The van der Waals surface area contributed by atoms with Gasteiger partial charge < -0.3 is 15.5 Å². The van der Waals surface area contributed by atoms with E-state index in [4.69, 9.17) is 16.6 Å². The summed E-state index contributed by atoms with van der Waals surface area (Å²) in [5.74, 6) is 1.60. The van der Waals surface area contributed by atoms with Gasteiger partial charge in [-0.1, -0.05) is 73.3 Å². The third-order valence-electron chi connectivity index (χ3n) is 7.38. The predicted octanol–water partition coefficient (Wildman–Crippen LogP) is 5.12. The van der Waals surface area contributed by atoms with Gasteiger partial charge >= 0.3 is 0 Å². The predicted molar refractivity (Wildman–Crippen MR) is 148 cm³/mol. The van der Waals surface area contributed by atoms with Crippen LogP contribution in [0, 0.1) is 11.3 Å². The van der Waals surface area contributed by atoms with Crippen molar-refractivity contribution in [3.8, 4) is 6.07 Å². The highest BCUT2D eigenvalue weighted by Crippen LogP contribution is 2.32. The fraction of sp³-hybridized carbons (Fsp3) is 0.429. The molecule has 0 bridgehead atoms. The Hall–Kier alpha value is -3.41. The largest absolute Gasteiger partial charge is 0.357 e. The van der Waals surface area contributed by atoms with Crippen LogP contribution in [0.2, 0.25) is 5.02 Å². The summed E-state index contributed by atoms with van der Waals surface area (Å²) < 4.78 is 0. The van der Waals surface area contributed by atoms with Crippen molar-refractivity contribution in [3.05, 3.63) is 70.7 Å². The molecule has 2 heterocycles.